The number of rotatable bonds is 2. The van der Waals surface area contributed by atoms with Gasteiger partial charge in [0.05, 0.1) is 0 Å². The van der Waals surface area contributed by atoms with Crippen LogP contribution in [0.5, 0.6) is 0 Å². The molecule has 0 heterocycles. The molecule has 0 unspecified atom stereocenters. The van der Waals surface area contributed by atoms with Crippen molar-refractivity contribution in [3.63, 3.8) is 0 Å². The van der Waals surface area contributed by atoms with Gasteiger partial charge in [0.1, 0.15) is 0 Å². The Kier molecular flexibility index (Phi) is 13.5. The summed E-state index contributed by atoms with van der Waals surface area (Å²) in [5.74, 6) is 0. The maximum Gasteiger partial charge on any atom is -1.00 e. The Labute approximate surface area is 343 Å². The third-order valence-corrected chi connectivity index (χ3v) is 12.2. The summed E-state index contributed by atoms with van der Waals surface area (Å²) in [6.45, 7) is 32.3. The number of benzene rings is 3. The number of hydrogen-bond donors (Lipinski definition) is 0. The van der Waals surface area contributed by atoms with Crippen molar-refractivity contribution in [3.8, 4) is 0 Å². The minimum atomic E-state index is 0. The van der Waals surface area contributed by atoms with Gasteiger partial charge in [0.15, 0.2) is 0 Å². The predicted octanol–water partition coefficient (Wildman–Crippen LogP) is 8.05. The van der Waals surface area contributed by atoms with Gasteiger partial charge in [-0.25, -0.2) is 6.08 Å². The van der Waals surface area contributed by atoms with Crippen LogP contribution in [0.15, 0.2) is 90.5 Å². The summed E-state index contributed by atoms with van der Waals surface area (Å²) in [7, 11) is 0. The Morgan fingerprint density at radius 2 is 1.13 bits per heavy atom. The SMILES string of the molecule is CC(C)(C)C1=CC(C)(C)c2cc3[cH-]c4cc5c(cc4c3cc21)C(C(C)(C)C)=CC5(C)C.CC(C)(C)C1=CC[C-]=C1.CC[C](=[Zr+2])c1ccccc1.[Cl-].[Cl-]. The minimum Gasteiger partial charge on any atom is -1.00 e. The van der Waals surface area contributed by atoms with E-state index in [-0.39, 0.29) is 46.5 Å². The molecule has 4 aromatic carbocycles. The van der Waals surface area contributed by atoms with Gasteiger partial charge in [-0.15, -0.1) is 46.2 Å². The van der Waals surface area contributed by atoms with E-state index in [0.717, 1.165) is 6.42 Å². The predicted molar refractivity (Wildman–Crippen MR) is 219 cm³/mol. The molecule has 0 N–H and O–H groups in total. The summed E-state index contributed by atoms with van der Waals surface area (Å²) >= 11 is 1.54. The minimum absolute atomic E-state index is 0. The van der Waals surface area contributed by atoms with Gasteiger partial charge < -0.3 is 24.8 Å². The second kappa shape index (κ2) is 15.9. The summed E-state index contributed by atoms with van der Waals surface area (Å²) in [5.41, 5.74) is 12.4. The van der Waals surface area contributed by atoms with Crippen LogP contribution in [0, 0.1) is 22.3 Å². The molecule has 4 aromatic rings. The van der Waals surface area contributed by atoms with E-state index in [2.05, 4.69) is 188 Å². The van der Waals surface area contributed by atoms with Gasteiger partial charge in [-0.1, -0.05) is 131 Å². The zero-order valence-corrected chi connectivity index (χ0v) is 38.2. The van der Waals surface area contributed by atoms with Gasteiger partial charge in [-0.05, 0) is 33.1 Å². The van der Waals surface area contributed by atoms with Crippen LogP contribution in [-0.2, 0) is 35.1 Å². The van der Waals surface area contributed by atoms with Crippen molar-refractivity contribution in [2.75, 3.05) is 0 Å². The number of hydrogen-bond acceptors (Lipinski definition) is 0. The topological polar surface area (TPSA) is 0 Å². The summed E-state index contributed by atoms with van der Waals surface area (Å²) in [6.07, 6.45) is 14.7. The van der Waals surface area contributed by atoms with E-state index >= 15 is 0 Å². The number of fused-ring (bicyclic) bond motifs is 5. The molecule has 0 atom stereocenters. The third-order valence-electron chi connectivity index (χ3n) is 10.6. The van der Waals surface area contributed by atoms with Gasteiger partial charge >= 0.3 is 76.7 Å². The molecule has 3 heteroatoms. The fourth-order valence-corrected chi connectivity index (χ4v) is 8.06. The van der Waals surface area contributed by atoms with Crippen LogP contribution in [0.2, 0.25) is 0 Å². The molecule has 0 saturated heterocycles. The first-order chi connectivity index (χ1) is 23.0. The van der Waals surface area contributed by atoms with E-state index in [4.69, 9.17) is 0 Å². The van der Waals surface area contributed by atoms with E-state index in [0.29, 0.717) is 5.41 Å². The summed E-state index contributed by atoms with van der Waals surface area (Å²) in [5, 5.41) is 5.58. The molecule has 7 rings (SSSR count). The zero-order valence-electron chi connectivity index (χ0n) is 34.3. The Balaban J connectivity index is 0.000000285. The van der Waals surface area contributed by atoms with E-state index in [1.807, 2.05) is 0 Å². The molecular weight excluding hydrogens is 751 g/mol. The fraction of sp³-hybridized carbons (Fsp3) is 0.429. The van der Waals surface area contributed by atoms with E-state index < -0.39 is 0 Å². The van der Waals surface area contributed by atoms with Crippen molar-refractivity contribution in [1.82, 2.24) is 0 Å². The van der Waals surface area contributed by atoms with Gasteiger partial charge in [0.25, 0.3) is 0 Å². The van der Waals surface area contributed by atoms with Crippen molar-refractivity contribution >= 4 is 35.9 Å². The maximum atomic E-state index is 3.16. The van der Waals surface area contributed by atoms with Crippen molar-refractivity contribution in [3.05, 3.63) is 124 Å². The van der Waals surface area contributed by atoms with E-state index in [1.165, 1.54) is 96.7 Å². The van der Waals surface area contributed by atoms with Crippen LogP contribution < -0.4 is 24.8 Å². The summed E-state index contributed by atoms with van der Waals surface area (Å²) < 4.78 is 1.55. The van der Waals surface area contributed by atoms with Crippen LogP contribution in [0.3, 0.4) is 0 Å². The van der Waals surface area contributed by atoms with Gasteiger partial charge in [0, 0.05) is 10.8 Å². The number of allylic oxidation sites excluding steroid dienone is 8. The van der Waals surface area contributed by atoms with Crippen LogP contribution in [0.4, 0.5) is 0 Å². The van der Waals surface area contributed by atoms with Gasteiger partial charge in [-0.2, -0.15) is 11.6 Å². The second-order valence-electron chi connectivity index (χ2n) is 18.8. The molecule has 276 valence electrons. The summed E-state index contributed by atoms with van der Waals surface area (Å²) in [4.78, 5) is 0. The van der Waals surface area contributed by atoms with Crippen LogP contribution in [0.25, 0.3) is 32.7 Å². The molecular formula is C49H60Cl2Zr-2. The molecule has 0 aliphatic heterocycles. The molecule has 0 fully saturated rings. The fourth-order valence-electron chi connectivity index (χ4n) is 7.65. The normalized spacial score (nSPS) is 16.7. The molecule has 0 amide bonds. The van der Waals surface area contributed by atoms with Gasteiger partial charge in [-0.3, -0.25) is 6.08 Å². The standard InChI is InChI=1S/C31H37.C9H13.C9H10.2ClH.Zr/c1-28(2,3)26-16-30(7,8)24-12-18-11-19-13-25-23(15-21(19)20(18)14-22(24)26)27(29(4,5)6)17-31(25,9)10;1-9(2,3)8-6-4-5-7-8;1-2-6-9-7-4-3-5-8-9;;;/h11-17H,1-10H3;6-7H,4H2,1-3H3;3-5,7-8H,2H2,1H3;2*1H;/q2*-1;;;;+2/p-2. The van der Waals surface area contributed by atoms with E-state index in [1.54, 1.807) is 3.21 Å². The zero-order chi connectivity index (χ0) is 37.0. The molecule has 0 spiro atoms. The summed E-state index contributed by atoms with van der Waals surface area (Å²) in [6, 6.07) is 22.9. The average Bonchev–Trinajstić information content (AvgIpc) is 3.79. The van der Waals surface area contributed by atoms with Crippen molar-refractivity contribution < 1.29 is 49.0 Å². The van der Waals surface area contributed by atoms with Crippen molar-refractivity contribution in [2.45, 2.75) is 121 Å². The van der Waals surface area contributed by atoms with Crippen LogP contribution >= 0.6 is 0 Å². The molecule has 3 aliphatic rings. The van der Waals surface area contributed by atoms with E-state index in [9.17, 15) is 0 Å². The monoisotopic (exact) mass is 808 g/mol. The Hall–Kier alpha value is -2.18. The quantitative estimate of drug-likeness (QED) is 0.180. The first-order valence-electron chi connectivity index (χ1n) is 18.6. The molecule has 0 saturated carbocycles. The first-order valence-corrected chi connectivity index (χ1v) is 19.9. The Morgan fingerprint density at radius 3 is 1.46 bits per heavy atom. The molecule has 52 heavy (non-hydrogen) atoms. The Morgan fingerprint density at radius 1 is 0.692 bits per heavy atom. The van der Waals surface area contributed by atoms with Crippen molar-refractivity contribution in [1.29, 1.82) is 0 Å². The first kappa shape index (κ1) is 44.2. The molecule has 0 radical (unpaired) electrons. The van der Waals surface area contributed by atoms with Crippen LogP contribution in [0.1, 0.15) is 138 Å². The number of halogens is 2. The molecule has 0 nitrogen and oxygen atoms in total. The molecule has 0 aromatic heterocycles. The molecule has 3 aliphatic carbocycles. The average molecular weight is 811 g/mol. The maximum absolute atomic E-state index is 3.16. The van der Waals surface area contributed by atoms with Gasteiger partial charge in [0.2, 0.25) is 0 Å². The Bertz CT molecular complexity index is 1950. The largest absolute Gasteiger partial charge is 1.00 e. The van der Waals surface area contributed by atoms with Crippen molar-refractivity contribution in [2.24, 2.45) is 16.2 Å². The second-order valence-corrected chi connectivity index (χ2v) is 20.3. The smallest absolute Gasteiger partial charge is 1.00 e. The molecule has 0 bridgehead atoms. The van der Waals surface area contributed by atoms with Crippen LogP contribution in [-0.4, -0.2) is 3.21 Å². The third kappa shape index (κ3) is 9.19.